The lowest BCUT2D eigenvalue weighted by Crippen LogP contribution is -2.39. The number of morpholine rings is 1. The van der Waals surface area contributed by atoms with E-state index < -0.39 is 5.97 Å². The third-order valence-electron chi connectivity index (χ3n) is 5.56. The summed E-state index contributed by atoms with van der Waals surface area (Å²) in [5.41, 5.74) is 5.09. The van der Waals surface area contributed by atoms with Gasteiger partial charge in [-0.2, -0.15) is 0 Å². The van der Waals surface area contributed by atoms with E-state index in [4.69, 9.17) is 14.6 Å². The molecule has 0 bridgehead atoms. The van der Waals surface area contributed by atoms with Gasteiger partial charge >= 0.3 is 5.97 Å². The molecule has 2 aromatic carbocycles. The van der Waals surface area contributed by atoms with Crippen molar-refractivity contribution in [1.82, 2.24) is 4.90 Å². The van der Waals surface area contributed by atoms with Crippen molar-refractivity contribution >= 4 is 5.97 Å². The smallest absolute Gasteiger partial charge is 0.304 e. The van der Waals surface area contributed by atoms with E-state index in [0.29, 0.717) is 19.8 Å². The summed E-state index contributed by atoms with van der Waals surface area (Å²) in [7, 11) is 0. The van der Waals surface area contributed by atoms with Gasteiger partial charge in [-0.05, 0) is 47.2 Å². The van der Waals surface area contributed by atoms with Crippen molar-refractivity contribution in [3.05, 3.63) is 64.7 Å². The molecule has 1 fully saturated rings. The molecule has 1 aliphatic rings. The normalized spacial score (nSPS) is 17.2. The second-order valence-corrected chi connectivity index (χ2v) is 7.42. The van der Waals surface area contributed by atoms with Gasteiger partial charge < -0.3 is 14.6 Å². The summed E-state index contributed by atoms with van der Waals surface area (Å²) in [6.07, 6.45) is 2.14. The van der Waals surface area contributed by atoms with Gasteiger partial charge in [-0.15, -0.1) is 0 Å². The largest absolute Gasteiger partial charge is 0.489 e. The van der Waals surface area contributed by atoms with Crippen LogP contribution in [-0.4, -0.2) is 42.2 Å². The van der Waals surface area contributed by atoms with Crippen LogP contribution in [0.25, 0.3) is 0 Å². The molecule has 3 rings (SSSR count). The van der Waals surface area contributed by atoms with Crippen LogP contribution in [0.3, 0.4) is 0 Å². The molecule has 1 N–H and O–H groups in total. The molecule has 1 aliphatic heterocycles. The first kappa shape index (κ1) is 21.3. The van der Waals surface area contributed by atoms with E-state index in [1.165, 1.54) is 16.7 Å². The van der Waals surface area contributed by atoms with E-state index in [1.807, 2.05) is 24.3 Å². The predicted octanol–water partition coefficient (Wildman–Crippen LogP) is 4.24. The zero-order chi connectivity index (χ0) is 20.6. The van der Waals surface area contributed by atoms with Gasteiger partial charge in [-0.25, -0.2) is 0 Å². The maximum Gasteiger partial charge on any atom is 0.304 e. The van der Waals surface area contributed by atoms with Crippen LogP contribution in [0.2, 0.25) is 0 Å². The zero-order valence-corrected chi connectivity index (χ0v) is 17.4. The molecule has 1 atom stereocenters. The maximum absolute atomic E-state index is 10.8. The molecule has 1 unspecified atom stereocenters. The Morgan fingerprint density at radius 2 is 1.83 bits per heavy atom. The minimum atomic E-state index is -0.759. The van der Waals surface area contributed by atoms with Crippen molar-refractivity contribution in [2.24, 2.45) is 0 Å². The maximum atomic E-state index is 10.8. The minimum Gasteiger partial charge on any atom is -0.489 e. The van der Waals surface area contributed by atoms with E-state index in [1.54, 1.807) is 0 Å². The van der Waals surface area contributed by atoms with Crippen molar-refractivity contribution < 1.29 is 19.4 Å². The quantitative estimate of drug-likeness (QED) is 0.686. The topological polar surface area (TPSA) is 59.0 Å². The van der Waals surface area contributed by atoms with Crippen LogP contribution in [-0.2, 0) is 29.0 Å². The number of nitrogens with zero attached hydrogens (tertiary/aromatic N) is 1. The van der Waals surface area contributed by atoms with Gasteiger partial charge in [0.1, 0.15) is 12.4 Å². The van der Waals surface area contributed by atoms with Gasteiger partial charge in [-0.1, -0.05) is 44.2 Å². The van der Waals surface area contributed by atoms with E-state index in [9.17, 15) is 4.79 Å². The number of hydrogen-bond acceptors (Lipinski definition) is 4. The Hall–Kier alpha value is -2.37. The number of aryl methyl sites for hydroxylation is 2. The first-order valence-electron chi connectivity index (χ1n) is 10.5. The van der Waals surface area contributed by atoms with Crippen LogP contribution in [0.15, 0.2) is 42.5 Å². The molecule has 0 radical (unpaired) electrons. The minimum absolute atomic E-state index is 0.0286. The fraction of sp³-hybridized carbons (Fsp3) is 0.458. The molecule has 0 aliphatic carbocycles. The van der Waals surface area contributed by atoms with E-state index in [-0.39, 0.29) is 12.5 Å². The highest BCUT2D eigenvalue weighted by molar-refractivity contribution is 5.66. The monoisotopic (exact) mass is 397 g/mol. The van der Waals surface area contributed by atoms with Crippen molar-refractivity contribution in [3.8, 4) is 5.75 Å². The van der Waals surface area contributed by atoms with Crippen molar-refractivity contribution in [1.29, 1.82) is 0 Å². The molecule has 2 aromatic rings. The molecule has 5 nitrogen and oxygen atoms in total. The Bertz CT molecular complexity index is 781. The van der Waals surface area contributed by atoms with E-state index in [2.05, 4.69) is 36.9 Å². The van der Waals surface area contributed by atoms with Crippen molar-refractivity contribution in [2.45, 2.75) is 45.8 Å². The summed E-state index contributed by atoms with van der Waals surface area (Å²) in [6.45, 7) is 7.62. The van der Waals surface area contributed by atoms with Crippen LogP contribution in [0.4, 0.5) is 0 Å². The third kappa shape index (κ3) is 5.81. The van der Waals surface area contributed by atoms with Crippen molar-refractivity contribution in [3.63, 3.8) is 0 Å². The molecule has 0 aromatic heterocycles. The Morgan fingerprint density at radius 3 is 2.45 bits per heavy atom. The first-order chi connectivity index (χ1) is 14.1. The van der Waals surface area contributed by atoms with Crippen LogP contribution in [0, 0.1) is 0 Å². The summed E-state index contributed by atoms with van der Waals surface area (Å²) in [6, 6.07) is 14.6. The lowest BCUT2D eigenvalue weighted by atomic mass is 9.98. The average molecular weight is 398 g/mol. The fourth-order valence-corrected chi connectivity index (χ4v) is 3.83. The van der Waals surface area contributed by atoms with Crippen LogP contribution < -0.4 is 4.74 Å². The van der Waals surface area contributed by atoms with Gasteiger partial charge in [0.25, 0.3) is 0 Å². The molecule has 1 saturated heterocycles. The van der Waals surface area contributed by atoms with E-state index >= 15 is 0 Å². The lowest BCUT2D eigenvalue weighted by molar-refractivity contribution is -0.137. The molecule has 0 spiro atoms. The molecule has 0 amide bonds. The van der Waals surface area contributed by atoms with Gasteiger partial charge in [0.15, 0.2) is 0 Å². The number of rotatable bonds is 9. The molecule has 1 heterocycles. The molecule has 5 heteroatoms. The number of aliphatic carboxylic acids is 1. The predicted molar refractivity (Wildman–Crippen MR) is 113 cm³/mol. The summed E-state index contributed by atoms with van der Waals surface area (Å²) in [4.78, 5) is 13.0. The highest BCUT2D eigenvalue weighted by Crippen LogP contribution is 2.25. The van der Waals surface area contributed by atoms with Crippen LogP contribution in [0.1, 0.15) is 48.6 Å². The Kier molecular flexibility index (Phi) is 7.67. The van der Waals surface area contributed by atoms with Crippen LogP contribution in [0.5, 0.6) is 5.75 Å². The number of hydrogen-bond donors (Lipinski definition) is 1. The third-order valence-corrected chi connectivity index (χ3v) is 5.56. The summed E-state index contributed by atoms with van der Waals surface area (Å²) in [5, 5.41) is 8.88. The fourth-order valence-electron chi connectivity index (χ4n) is 3.83. The van der Waals surface area contributed by atoms with Crippen LogP contribution >= 0.6 is 0 Å². The van der Waals surface area contributed by atoms with Crippen molar-refractivity contribution in [2.75, 3.05) is 26.2 Å². The lowest BCUT2D eigenvalue weighted by Gasteiger charge is -2.32. The summed E-state index contributed by atoms with van der Waals surface area (Å²) < 4.78 is 12.0. The van der Waals surface area contributed by atoms with Gasteiger partial charge in [-0.3, -0.25) is 9.69 Å². The van der Waals surface area contributed by atoms with Gasteiger partial charge in [0, 0.05) is 19.6 Å². The van der Waals surface area contributed by atoms with E-state index in [0.717, 1.165) is 37.2 Å². The molecular weight excluding hydrogens is 366 g/mol. The molecule has 156 valence electrons. The molecule has 29 heavy (non-hydrogen) atoms. The van der Waals surface area contributed by atoms with Gasteiger partial charge in [0.05, 0.1) is 19.1 Å². The first-order valence-corrected chi connectivity index (χ1v) is 10.5. The summed E-state index contributed by atoms with van der Waals surface area (Å²) >= 11 is 0. The number of carbonyl (C=O) groups is 1. The zero-order valence-electron chi connectivity index (χ0n) is 17.4. The SMILES string of the molecule is CCc1cccc(CC)c1COc1ccc(C2CN(CCC(=O)O)CCO2)cc1. The highest BCUT2D eigenvalue weighted by atomic mass is 16.5. The number of benzene rings is 2. The second kappa shape index (κ2) is 10.4. The number of carboxylic acids is 1. The molecular formula is C24H31NO4. The Balaban J connectivity index is 1.60. The van der Waals surface area contributed by atoms with Gasteiger partial charge in [0.2, 0.25) is 0 Å². The molecule has 0 saturated carbocycles. The highest BCUT2D eigenvalue weighted by Gasteiger charge is 2.22. The number of ether oxygens (including phenoxy) is 2. The number of carboxylic acid groups (broad SMARTS) is 1. The standard InChI is InChI=1S/C24H31NO4/c1-3-18-6-5-7-19(4-2)22(18)17-29-21-10-8-20(9-11-21)23-16-25(14-15-28-23)13-12-24(26)27/h5-11,23H,3-4,12-17H2,1-2H3,(H,26,27). The summed E-state index contributed by atoms with van der Waals surface area (Å²) in [5.74, 6) is 0.0886. The second-order valence-electron chi connectivity index (χ2n) is 7.42. The Morgan fingerprint density at radius 1 is 1.14 bits per heavy atom. The Labute approximate surface area is 173 Å². The average Bonchev–Trinajstić information content (AvgIpc) is 2.76.